The molecule has 1 fully saturated rings. The molecule has 44 heavy (non-hydrogen) atoms. The van der Waals surface area contributed by atoms with E-state index in [9.17, 15) is 14.7 Å². The van der Waals surface area contributed by atoms with Gasteiger partial charge in [-0.1, -0.05) is 63.6 Å². The van der Waals surface area contributed by atoms with Crippen molar-refractivity contribution < 1.29 is 28.9 Å². The number of unbranched alkanes of at least 4 members (excludes halogenated alkanes) is 1. The normalized spacial score (nSPS) is 16.0. The Morgan fingerprint density at radius 2 is 1.64 bits per heavy atom. The highest BCUT2D eigenvalue weighted by Crippen LogP contribution is 2.42. The summed E-state index contributed by atoms with van der Waals surface area (Å²) in [5, 5.41) is 11.6. The van der Waals surface area contributed by atoms with Crippen LogP contribution >= 0.6 is 0 Å². The van der Waals surface area contributed by atoms with Crippen LogP contribution in [-0.4, -0.2) is 66.5 Å². The molecule has 1 unspecified atom stereocenters. The van der Waals surface area contributed by atoms with Gasteiger partial charge in [-0.25, -0.2) is 0 Å². The fourth-order valence-corrected chi connectivity index (χ4v) is 5.40. The lowest BCUT2D eigenvalue weighted by atomic mass is 9.94. The van der Waals surface area contributed by atoms with Crippen molar-refractivity contribution in [1.29, 1.82) is 0 Å². The number of nitrogens with zero attached hydrogens (tertiary/aromatic N) is 2. The van der Waals surface area contributed by atoms with Gasteiger partial charge < -0.3 is 29.1 Å². The van der Waals surface area contributed by atoms with E-state index < -0.39 is 17.7 Å². The van der Waals surface area contributed by atoms with E-state index in [2.05, 4.69) is 25.7 Å². The number of benzene rings is 3. The van der Waals surface area contributed by atoms with E-state index in [4.69, 9.17) is 14.2 Å². The van der Waals surface area contributed by atoms with E-state index in [0.717, 1.165) is 42.8 Å². The molecule has 1 atom stereocenters. The summed E-state index contributed by atoms with van der Waals surface area (Å²) in [7, 11) is 1.55. The maximum absolute atomic E-state index is 13.6. The van der Waals surface area contributed by atoms with E-state index in [1.165, 1.54) is 0 Å². The van der Waals surface area contributed by atoms with Crippen LogP contribution in [0.3, 0.4) is 0 Å². The first-order valence-electron chi connectivity index (χ1n) is 15.4. The number of methoxy groups -OCH3 is 1. The number of rotatable bonds is 15. The average Bonchev–Trinajstić information content (AvgIpc) is 3.30. The summed E-state index contributed by atoms with van der Waals surface area (Å²) in [6, 6.07) is 19.7. The zero-order valence-corrected chi connectivity index (χ0v) is 26.5. The standard InChI is InChI=1S/C36H44N2O6/c1-6-9-21-43-29-17-16-28(22-25(29)4)34(39)32-33(38(36(41)35(32)40)20-19-37(7-2)8-3)27-15-18-30(31(23-27)42-5)44-24-26-13-11-10-12-14-26/h10-18,22-23,33,39H,6-9,19-21,24H2,1-5H3. The minimum absolute atomic E-state index is 0.0496. The molecule has 1 amide bonds. The molecule has 234 valence electrons. The van der Waals surface area contributed by atoms with Crippen LogP contribution in [0, 0.1) is 6.92 Å². The quantitative estimate of drug-likeness (QED) is 0.0919. The van der Waals surface area contributed by atoms with E-state index >= 15 is 0 Å². The summed E-state index contributed by atoms with van der Waals surface area (Å²) in [6.07, 6.45) is 1.97. The van der Waals surface area contributed by atoms with Gasteiger partial charge in [0.25, 0.3) is 11.7 Å². The number of amides is 1. The second-order valence-corrected chi connectivity index (χ2v) is 10.9. The van der Waals surface area contributed by atoms with Crippen molar-refractivity contribution >= 4 is 17.4 Å². The Hall–Kier alpha value is -4.30. The lowest BCUT2D eigenvalue weighted by Gasteiger charge is -2.28. The summed E-state index contributed by atoms with van der Waals surface area (Å²) in [4.78, 5) is 30.9. The van der Waals surface area contributed by atoms with Gasteiger partial charge in [0, 0.05) is 18.7 Å². The monoisotopic (exact) mass is 600 g/mol. The summed E-state index contributed by atoms with van der Waals surface area (Å²) in [5.41, 5.74) is 2.99. The Labute approximate surface area is 260 Å². The molecule has 4 rings (SSSR count). The number of likely N-dealkylation sites (N-methyl/N-ethyl adjacent to an activating group) is 1. The molecule has 0 saturated carbocycles. The van der Waals surface area contributed by atoms with Gasteiger partial charge >= 0.3 is 0 Å². The second kappa shape index (κ2) is 15.4. The molecular formula is C36H44N2O6. The molecular weight excluding hydrogens is 556 g/mol. The van der Waals surface area contributed by atoms with Gasteiger partial charge in [0.15, 0.2) is 11.5 Å². The van der Waals surface area contributed by atoms with Gasteiger partial charge in [-0.05, 0) is 73.5 Å². The van der Waals surface area contributed by atoms with Crippen molar-refractivity contribution in [3.63, 3.8) is 0 Å². The van der Waals surface area contributed by atoms with Crippen molar-refractivity contribution in [2.24, 2.45) is 0 Å². The van der Waals surface area contributed by atoms with Crippen molar-refractivity contribution in [1.82, 2.24) is 9.80 Å². The third-order valence-electron chi connectivity index (χ3n) is 8.04. The van der Waals surface area contributed by atoms with Crippen LogP contribution < -0.4 is 14.2 Å². The first kappa shape index (κ1) is 32.6. The topological polar surface area (TPSA) is 88.5 Å². The van der Waals surface area contributed by atoms with Crippen molar-refractivity contribution in [3.8, 4) is 17.2 Å². The molecule has 8 nitrogen and oxygen atoms in total. The molecule has 1 heterocycles. The summed E-state index contributed by atoms with van der Waals surface area (Å²) in [6.45, 7) is 11.6. The van der Waals surface area contributed by atoms with Crippen LogP contribution in [0.2, 0.25) is 0 Å². The van der Waals surface area contributed by atoms with Crippen molar-refractivity contribution in [2.45, 2.75) is 53.2 Å². The first-order chi connectivity index (χ1) is 21.3. The lowest BCUT2D eigenvalue weighted by Crippen LogP contribution is -2.38. The SMILES string of the molecule is CCCCOc1ccc(C(O)=C2C(=O)C(=O)N(CCN(CC)CC)C2c2ccc(OCc3ccccc3)c(OC)c2)cc1C. The molecule has 1 aliphatic heterocycles. The van der Waals surface area contributed by atoms with E-state index in [1.807, 2.05) is 43.3 Å². The maximum Gasteiger partial charge on any atom is 0.295 e. The number of likely N-dealkylation sites (tertiary alicyclic amines) is 1. The van der Waals surface area contributed by atoms with E-state index in [1.54, 1.807) is 42.3 Å². The largest absolute Gasteiger partial charge is 0.507 e. The van der Waals surface area contributed by atoms with Crippen LogP contribution in [-0.2, 0) is 16.2 Å². The highest BCUT2D eigenvalue weighted by molar-refractivity contribution is 6.46. The van der Waals surface area contributed by atoms with Crippen LogP contribution in [0.4, 0.5) is 0 Å². The van der Waals surface area contributed by atoms with Crippen LogP contribution in [0.25, 0.3) is 5.76 Å². The molecule has 0 aromatic heterocycles. The minimum Gasteiger partial charge on any atom is -0.507 e. The zero-order chi connectivity index (χ0) is 31.6. The average molecular weight is 601 g/mol. The van der Waals surface area contributed by atoms with E-state index in [0.29, 0.717) is 48.9 Å². The Bertz CT molecular complexity index is 1460. The fourth-order valence-electron chi connectivity index (χ4n) is 5.40. The number of hydrogen-bond acceptors (Lipinski definition) is 7. The highest BCUT2D eigenvalue weighted by Gasteiger charge is 2.46. The Kier molecular flexibility index (Phi) is 11.4. The maximum atomic E-state index is 13.6. The smallest absolute Gasteiger partial charge is 0.295 e. The number of carbonyl (C=O) groups is 2. The van der Waals surface area contributed by atoms with Crippen molar-refractivity contribution in [2.75, 3.05) is 39.9 Å². The molecule has 0 bridgehead atoms. The van der Waals surface area contributed by atoms with Crippen LogP contribution in [0.5, 0.6) is 17.2 Å². The molecule has 8 heteroatoms. The van der Waals surface area contributed by atoms with Gasteiger partial charge in [-0.3, -0.25) is 9.59 Å². The summed E-state index contributed by atoms with van der Waals surface area (Å²) < 4.78 is 17.6. The number of ether oxygens (including phenoxy) is 3. The number of Topliss-reactive ketones (excluding diaryl/α,β-unsaturated/α-hetero) is 1. The number of carbonyl (C=O) groups excluding carboxylic acids is 2. The van der Waals surface area contributed by atoms with Gasteiger partial charge in [-0.2, -0.15) is 0 Å². The Morgan fingerprint density at radius 1 is 0.909 bits per heavy atom. The molecule has 3 aromatic carbocycles. The number of aliphatic hydroxyl groups is 1. The van der Waals surface area contributed by atoms with Gasteiger partial charge in [0.05, 0.1) is 25.3 Å². The van der Waals surface area contributed by atoms with Crippen LogP contribution in [0.1, 0.15) is 61.9 Å². The van der Waals surface area contributed by atoms with Crippen molar-refractivity contribution in [3.05, 3.63) is 94.6 Å². The van der Waals surface area contributed by atoms with Gasteiger partial charge in [0.1, 0.15) is 18.1 Å². The predicted octanol–water partition coefficient (Wildman–Crippen LogP) is 6.53. The van der Waals surface area contributed by atoms with Crippen LogP contribution in [0.15, 0.2) is 72.3 Å². The number of aliphatic hydroxyl groups excluding tert-OH is 1. The Morgan fingerprint density at radius 3 is 2.30 bits per heavy atom. The minimum atomic E-state index is -0.802. The van der Waals surface area contributed by atoms with Gasteiger partial charge in [0.2, 0.25) is 0 Å². The first-order valence-corrected chi connectivity index (χ1v) is 15.4. The summed E-state index contributed by atoms with van der Waals surface area (Å²) in [5.74, 6) is 0.165. The molecule has 0 radical (unpaired) electrons. The molecule has 1 aliphatic rings. The highest BCUT2D eigenvalue weighted by atomic mass is 16.5. The predicted molar refractivity (Wildman–Crippen MR) is 172 cm³/mol. The number of ketones is 1. The fraction of sp³-hybridized carbons (Fsp3) is 0.389. The van der Waals surface area contributed by atoms with E-state index in [-0.39, 0.29) is 11.3 Å². The molecule has 3 aromatic rings. The van der Waals surface area contributed by atoms with Gasteiger partial charge in [-0.15, -0.1) is 0 Å². The number of hydrogen-bond donors (Lipinski definition) is 1. The molecule has 0 spiro atoms. The zero-order valence-electron chi connectivity index (χ0n) is 26.5. The molecule has 0 aliphatic carbocycles. The third-order valence-corrected chi connectivity index (χ3v) is 8.04. The second-order valence-electron chi connectivity index (χ2n) is 10.9. The third kappa shape index (κ3) is 7.42. The number of aryl methyl sites for hydroxylation is 1. The Balaban J connectivity index is 1.74. The lowest BCUT2D eigenvalue weighted by molar-refractivity contribution is -0.140. The summed E-state index contributed by atoms with van der Waals surface area (Å²) >= 11 is 0. The molecule has 1 N–H and O–H groups in total. The molecule has 1 saturated heterocycles.